The molecule has 0 amide bonds. The Kier molecular flexibility index (Phi) is 6.36. The molecule has 3 aromatic rings. The lowest BCUT2D eigenvalue weighted by Crippen LogP contribution is -2.22. The van der Waals surface area contributed by atoms with E-state index in [-0.39, 0.29) is 23.6 Å². The van der Waals surface area contributed by atoms with Crippen molar-refractivity contribution in [3.63, 3.8) is 0 Å². The van der Waals surface area contributed by atoms with Crippen molar-refractivity contribution in [3.8, 4) is 11.1 Å². The molecule has 0 aliphatic carbocycles. The number of aliphatic carboxylic acids is 1. The maximum atomic E-state index is 12.8. The summed E-state index contributed by atoms with van der Waals surface area (Å²) in [6.45, 7) is 2.23. The van der Waals surface area contributed by atoms with Gasteiger partial charge in [-0.3, -0.25) is 24.3 Å². The van der Waals surface area contributed by atoms with Gasteiger partial charge in [-0.1, -0.05) is 31.2 Å². The number of rotatable bonds is 8. The molecule has 0 saturated carbocycles. The Morgan fingerprint density at radius 3 is 2.37 bits per heavy atom. The van der Waals surface area contributed by atoms with Crippen LogP contribution in [0.1, 0.15) is 24.5 Å². The van der Waals surface area contributed by atoms with Crippen LogP contribution in [0, 0.1) is 16.0 Å². The van der Waals surface area contributed by atoms with E-state index in [1.807, 2.05) is 31.2 Å². The van der Waals surface area contributed by atoms with Gasteiger partial charge in [-0.05, 0) is 41.2 Å². The second kappa shape index (κ2) is 9.13. The standard InChI is InChI=1S/C22H21N3O5/c1-15(11-21(26)27)10-16-2-4-17(5-3-16)13-24-14-23-12-20(22(24)28)18-6-8-19(9-7-18)25(29)30/h2-9,12,14-15H,10-11,13H2,1H3,(H,26,27)/t15-/m1/s1. The third kappa shape index (κ3) is 5.16. The molecule has 0 bridgehead atoms. The number of carboxylic acid groups (broad SMARTS) is 1. The van der Waals surface area contributed by atoms with Crippen LogP contribution in [-0.4, -0.2) is 25.6 Å². The summed E-state index contributed by atoms with van der Waals surface area (Å²) in [4.78, 5) is 38.1. The van der Waals surface area contributed by atoms with E-state index >= 15 is 0 Å². The number of aromatic nitrogens is 2. The first-order valence-electron chi connectivity index (χ1n) is 9.42. The highest BCUT2D eigenvalue weighted by Gasteiger charge is 2.11. The largest absolute Gasteiger partial charge is 0.481 e. The Morgan fingerprint density at radius 2 is 1.77 bits per heavy atom. The van der Waals surface area contributed by atoms with Crippen LogP contribution in [0.15, 0.2) is 65.8 Å². The smallest absolute Gasteiger partial charge is 0.303 e. The van der Waals surface area contributed by atoms with E-state index in [1.165, 1.54) is 41.4 Å². The van der Waals surface area contributed by atoms with Gasteiger partial charge in [0.05, 0.1) is 23.4 Å². The summed E-state index contributed by atoms with van der Waals surface area (Å²) in [5.74, 6) is -0.766. The molecule has 154 valence electrons. The van der Waals surface area contributed by atoms with Crippen LogP contribution in [0.2, 0.25) is 0 Å². The zero-order chi connectivity index (χ0) is 21.7. The Morgan fingerprint density at radius 1 is 1.13 bits per heavy atom. The van der Waals surface area contributed by atoms with Crippen LogP contribution in [0.5, 0.6) is 0 Å². The number of nitrogens with zero attached hydrogens (tertiary/aromatic N) is 3. The molecule has 0 spiro atoms. The highest BCUT2D eigenvalue weighted by atomic mass is 16.6. The molecule has 2 aromatic carbocycles. The minimum atomic E-state index is -0.807. The third-order valence-electron chi connectivity index (χ3n) is 4.77. The van der Waals surface area contributed by atoms with Gasteiger partial charge in [-0.25, -0.2) is 4.98 Å². The molecular formula is C22H21N3O5. The van der Waals surface area contributed by atoms with Crippen molar-refractivity contribution in [2.24, 2.45) is 5.92 Å². The number of nitro groups is 1. The van der Waals surface area contributed by atoms with E-state index in [2.05, 4.69) is 4.98 Å². The average Bonchev–Trinajstić information content (AvgIpc) is 2.70. The van der Waals surface area contributed by atoms with Gasteiger partial charge in [0.25, 0.3) is 11.2 Å². The van der Waals surface area contributed by atoms with Crippen molar-refractivity contribution in [2.75, 3.05) is 0 Å². The molecule has 0 saturated heterocycles. The fourth-order valence-electron chi connectivity index (χ4n) is 3.27. The highest BCUT2D eigenvalue weighted by Crippen LogP contribution is 2.19. The number of carboxylic acids is 1. The molecule has 0 aliphatic heterocycles. The van der Waals surface area contributed by atoms with Gasteiger partial charge >= 0.3 is 5.97 Å². The number of hydrogen-bond acceptors (Lipinski definition) is 5. The summed E-state index contributed by atoms with van der Waals surface area (Å²) in [6.07, 6.45) is 3.70. The summed E-state index contributed by atoms with van der Waals surface area (Å²) in [5.41, 5.74) is 2.60. The third-order valence-corrected chi connectivity index (χ3v) is 4.77. The molecule has 0 unspecified atom stereocenters. The fourth-order valence-corrected chi connectivity index (χ4v) is 3.27. The molecule has 1 aromatic heterocycles. The predicted molar refractivity (Wildman–Crippen MR) is 111 cm³/mol. The maximum Gasteiger partial charge on any atom is 0.303 e. The van der Waals surface area contributed by atoms with Crippen LogP contribution < -0.4 is 5.56 Å². The van der Waals surface area contributed by atoms with Gasteiger partial charge in [0, 0.05) is 24.8 Å². The SMILES string of the molecule is C[C@@H](CC(=O)O)Cc1ccc(Cn2cncc(-c3ccc([N+](=O)[O-])cc3)c2=O)cc1. The molecule has 8 nitrogen and oxygen atoms in total. The molecule has 3 rings (SSSR count). The van der Waals surface area contributed by atoms with E-state index in [9.17, 15) is 19.7 Å². The first kappa shape index (κ1) is 20.9. The Hall–Kier alpha value is -3.81. The quantitative estimate of drug-likeness (QED) is 0.451. The van der Waals surface area contributed by atoms with E-state index in [0.717, 1.165) is 11.1 Å². The summed E-state index contributed by atoms with van der Waals surface area (Å²) >= 11 is 0. The topological polar surface area (TPSA) is 115 Å². The molecule has 1 N–H and O–H groups in total. The predicted octanol–water partition coefficient (Wildman–Crippen LogP) is 3.52. The van der Waals surface area contributed by atoms with Gasteiger partial charge < -0.3 is 5.11 Å². The first-order chi connectivity index (χ1) is 14.3. The van der Waals surface area contributed by atoms with Crippen LogP contribution in [0.4, 0.5) is 5.69 Å². The number of benzene rings is 2. The van der Waals surface area contributed by atoms with E-state index < -0.39 is 10.9 Å². The van der Waals surface area contributed by atoms with Crippen molar-refractivity contribution < 1.29 is 14.8 Å². The normalized spacial score (nSPS) is 11.8. The molecule has 0 aliphatic rings. The first-order valence-corrected chi connectivity index (χ1v) is 9.42. The lowest BCUT2D eigenvalue weighted by molar-refractivity contribution is -0.384. The Bertz CT molecular complexity index is 1100. The maximum absolute atomic E-state index is 12.8. The van der Waals surface area contributed by atoms with E-state index in [0.29, 0.717) is 24.1 Å². The van der Waals surface area contributed by atoms with E-state index in [1.54, 1.807) is 0 Å². The van der Waals surface area contributed by atoms with Crippen LogP contribution in [-0.2, 0) is 17.8 Å². The van der Waals surface area contributed by atoms with Crippen molar-refractivity contribution in [2.45, 2.75) is 26.3 Å². The van der Waals surface area contributed by atoms with Crippen molar-refractivity contribution >= 4 is 11.7 Å². The zero-order valence-electron chi connectivity index (χ0n) is 16.4. The van der Waals surface area contributed by atoms with Crippen LogP contribution in [0.3, 0.4) is 0 Å². The summed E-state index contributed by atoms with van der Waals surface area (Å²) in [7, 11) is 0. The Balaban J connectivity index is 1.76. The average molecular weight is 407 g/mol. The second-order valence-corrected chi connectivity index (χ2v) is 7.27. The van der Waals surface area contributed by atoms with Gasteiger partial charge in [-0.15, -0.1) is 0 Å². The molecule has 1 heterocycles. The van der Waals surface area contributed by atoms with Crippen molar-refractivity contribution in [1.82, 2.24) is 9.55 Å². The zero-order valence-corrected chi connectivity index (χ0v) is 16.4. The molecule has 0 radical (unpaired) electrons. The Labute approximate surface area is 172 Å². The molecule has 1 atom stereocenters. The van der Waals surface area contributed by atoms with E-state index in [4.69, 9.17) is 5.11 Å². The highest BCUT2D eigenvalue weighted by molar-refractivity contribution is 5.67. The minimum Gasteiger partial charge on any atom is -0.481 e. The summed E-state index contributed by atoms with van der Waals surface area (Å²) < 4.78 is 1.48. The number of nitro benzene ring substituents is 1. The van der Waals surface area contributed by atoms with Gasteiger partial charge in [0.2, 0.25) is 0 Å². The molecule has 0 fully saturated rings. The molecule has 8 heteroatoms. The molecule has 30 heavy (non-hydrogen) atoms. The number of carbonyl (C=O) groups is 1. The summed E-state index contributed by atoms with van der Waals surface area (Å²) in [6, 6.07) is 13.5. The monoisotopic (exact) mass is 407 g/mol. The lowest BCUT2D eigenvalue weighted by atomic mass is 9.97. The van der Waals surface area contributed by atoms with Gasteiger partial charge in [-0.2, -0.15) is 0 Å². The van der Waals surface area contributed by atoms with Gasteiger partial charge in [0.15, 0.2) is 0 Å². The molecular weight excluding hydrogens is 386 g/mol. The number of hydrogen-bond donors (Lipinski definition) is 1. The lowest BCUT2D eigenvalue weighted by Gasteiger charge is -2.11. The van der Waals surface area contributed by atoms with Crippen LogP contribution >= 0.6 is 0 Å². The van der Waals surface area contributed by atoms with Crippen molar-refractivity contribution in [1.29, 1.82) is 0 Å². The fraction of sp³-hybridized carbons (Fsp3) is 0.227. The minimum absolute atomic E-state index is 0.0403. The second-order valence-electron chi connectivity index (χ2n) is 7.27. The van der Waals surface area contributed by atoms with Crippen LogP contribution in [0.25, 0.3) is 11.1 Å². The van der Waals surface area contributed by atoms with Gasteiger partial charge in [0.1, 0.15) is 0 Å². The summed E-state index contributed by atoms with van der Waals surface area (Å²) in [5, 5.41) is 19.7. The number of non-ortho nitro benzene ring substituents is 1. The van der Waals surface area contributed by atoms with Crippen molar-refractivity contribution in [3.05, 3.63) is 92.7 Å².